The van der Waals surface area contributed by atoms with Crippen LogP contribution in [0.5, 0.6) is 0 Å². The molecule has 0 spiro atoms. The zero-order valence-corrected chi connectivity index (χ0v) is 5.72. The standard InChI is InChI=1S/C5H5ClF2N2/c6-4-1-10(3-9-4)2-5(7)8/h1,4-5H,2H2. The van der Waals surface area contributed by atoms with Gasteiger partial charge >= 0.3 is 0 Å². The lowest BCUT2D eigenvalue weighted by Crippen LogP contribution is -2.23. The minimum atomic E-state index is -2.37. The Morgan fingerprint density at radius 1 is 1.80 bits per heavy atom. The Morgan fingerprint density at radius 3 is 2.90 bits per heavy atom. The van der Waals surface area contributed by atoms with E-state index in [1.54, 1.807) is 0 Å². The van der Waals surface area contributed by atoms with Crippen LogP contribution >= 0.6 is 11.6 Å². The first-order chi connectivity index (χ1) is 4.68. The third kappa shape index (κ3) is 2.10. The number of hydrogen-bond acceptors (Lipinski definition) is 2. The van der Waals surface area contributed by atoms with Crippen LogP contribution in [0, 0.1) is 6.54 Å². The summed E-state index contributed by atoms with van der Waals surface area (Å²) in [6, 6.07) is 0. The summed E-state index contributed by atoms with van der Waals surface area (Å²) in [7, 11) is 0. The number of halogens is 3. The number of rotatable bonds is 2. The molecule has 5 heteroatoms. The highest BCUT2D eigenvalue weighted by atomic mass is 35.5. The summed E-state index contributed by atoms with van der Waals surface area (Å²) >= 11 is 5.42. The smallest absolute Gasteiger partial charge is 0.255 e. The summed E-state index contributed by atoms with van der Waals surface area (Å²) in [6.07, 6.45) is -0.0456. The van der Waals surface area contributed by atoms with E-state index in [1.165, 1.54) is 6.54 Å². The van der Waals surface area contributed by atoms with Gasteiger partial charge in [0.1, 0.15) is 5.50 Å². The lowest BCUT2D eigenvalue weighted by atomic mass is 10.5. The maximum absolute atomic E-state index is 11.6. The number of alkyl halides is 3. The van der Waals surface area contributed by atoms with E-state index in [9.17, 15) is 8.78 Å². The molecule has 0 aromatic carbocycles. The number of aliphatic imine (C=N–C) groups is 1. The van der Waals surface area contributed by atoms with Crippen LogP contribution in [0.4, 0.5) is 8.78 Å². The van der Waals surface area contributed by atoms with Crippen molar-refractivity contribution in [3.8, 4) is 0 Å². The molecule has 0 N–H and O–H groups in total. The minimum absolute atomic E-state index is 0.382. The molecule has 0 aromatic heterocycles. The van der Waals surface area contributed by atoms with Crippen molar-refractivity contribution in [3.05, 3.63) is 6.54 Å². The molecule has 1 aliphatic rings. The van der Waals surface area contributed by atoms with E-state index >= 15 is 0 Å². The second kappa shape index (κ2) is 3.14. The van der Waals surface area contributed by atoms with Gasteiger partial charge in [-0.15, -0.1) is 0 Å². The van der Waals surface area contributed by atoms with E-state index in [2.05, 4.69) is 11.3 Å². The molecule has 0 aliphatic carbocycles. The molecule has 56 valence electrons. The van der Waals surface area contributed by atoms with E-state index in [-0.39, 0.29) is 6.54 Å². The lowest BCUT2D eigenvalue weighted by Gasteiger charge is -2.10. The largest absolute Gasteiger partial charge is 0.339 e. The second-order valence-electron chi connectivity index (χ2n) is 1.79. The van der Waals surface area contributed by atoms with Crippen molar-refractivity contribution in [2.45, 2.75) is 11.9 Å². The van der Waals surface area contributed by atoms with Crippen LogP contribution in [-0.2, 0) is 0 Å². The van der Waals surface area contributed by atoms with Gasteiger partial charge < -0.3 is 4.90 Å². The summed E-state index contributed by atoms with van der Waals surface area (Å²) in [6.45, 7) is 1.00. The zero-order valence-electron chi connectivity index (χ0n) is 4.97. The van der Waals surface area contributed by atoms with E-state index < -0.39 is 11.9 Å². The Morgan fingerprint density at radius 2 is 2.50 bits per heavy atom. The van der Waals surface area contributed by atoms with Gasteiger partial charge in [0.25, 0.3) is 6.43 Å². The first-order valence-corrected chi connectivity index (χ1v) is 3.11. The molecule has 1 rings (SSSR count). The minimum Gasteiger partial charge on any atom is -0.339 e. The molecule has 0 saturated heterocycles. The average Bonchev–Trinajstić information content (AvgIpc) is 2.13. The van der Waals surface area contributed by atoms with Crippen LogP contribution in [0.2, 0.25) is 0 Å². The van der Waals surface area contributed by atoms with E-state index in [1.807, 2.05) is 0 Å². The number of nitrogens with zero attached hydrogens (tertiary/aromatic N) is 2. The number of hydrogen-bond donors (Lipinski definition) is 0. The van der Waals surface area contributed by atoms with Gasteiger partial charge in [-0.05, 0) is 0 Å². The molecule has 2 nitrogen and oxygen atoms in total. The fourth-order valence-corrected chi connectivity index (χ4v) is 0.775. The monoisotopic (exact) mass is 166 g/mol. The predicted octanol–water partition coefficient (Wildman–Crippen LogP) is 1.20. The molecule has 1 unspecified atom stereocenters. The second-order valence-corrected chi connectivity index (χ2v) is 2.24. The van der Waals surface area contributed by atoms with Crippen LogP contribution in [0.25, 0.3) is 0 Å². The molecule has 1 atom stereocenters. The summed E-state index contributed by atoms with van der Waals surface area (Å²) < 4.78 is 23.3. The van der Waals surface area contributed by atoms with Crippen molar-refractivity contribution in [2.24, 2.45) is 4.99 Å². The molecule has 0 bridgehead atoms. The van der Waals surface area contributed by atoms with Gasteiger partial charge in [0.15, 0.2) is 6.34 Å². The Hall–Kier alpha value is -0.380. The van der Waals surface area contributed by atoms with Crippen molar-refractivity contribution >= 4 is 17.9 Å². The van der Waals surface area contributed by atoms with Gasteiger partial charge in [-0.1, -0.05) is 11.6 Å². The highest BCUT2D eigenvalue weighted by molar-refractivity contribution is 6.22. The maximum Gasteiger partial charge on any atom is 0.255 e. The third-order valence-electron chi connectivity index (χ3n) is 0.947. The van der Waals surface area contributed by atoms with Crippen LogP contribution < -0.4 is 0 Å². The van der Waals surface area contributed by atoms with Crippen molar-refractivity contribution < 1.29 is 8.78 Å². The fourth-order valence-electron chi connectivity index (χ4n) is 0.595. The Labute approximate surface area is 62.5 Å². The van der Waals surface area contributed by atoms with Gasteiger partial charge in [0.2, 0.25) is 0 Å². The van der Waals surface area contributed by atoms with E-state index in [0.717, 1.165) is 4.90 Å². The normalized spacial score (nSPS) is 24.8. The van der Waals surface area contributed by atoms with Crippen molar-refractivity contribution in [1.29, 1.82) is 0 Å². The van der Waals surface area contributed by atoms with E-state index in [4.69, 9.17) is 11.6 Å². The van der Waals surface area contributed by atoms with Gasteiger partial charge in [-0.25, -0.2) is 13.8 Å². The van der Waals surface area contributed by atoms with E-state index in [0.29, 0.717) is 0 Å². The van der Waals surface area contributed by atoms with Crippen molar-refractivity contribution in [3.63, 3.8) is 0 Å². The topological polar surface area (TPSA) is 15.6 Å². The van der Waals surface area contributed by atoms with Gasteiger partial charge in [-0.3, -0.25) is 0 Å². The highest BCUT2D eigenvalue weighted by Crippen LogP contribution is 2.12. The Balaban J connectivity index is 2.26. The molecule has 1 aliphatic heterocycles. The molecule has 0 aromatic rings. The predicted molar refractivity (Wildman–Crippen MR) is 34.1 cm³/mol. The van der Waals surface area contributed by atoms with Gasteiger partial charge in [0.05, 0.1) is 13.1 Å². The molecule has 0 amide bonds. The molecule has 1 heterocycles. The first kappa shape index (κ1) is 7.72. The fraction of sp³-hybridized carbons (Fsp3) is 0.600. The Kier molecular flexibility index (Phi) is 2.43. The molecular weight excluding hydrogens is 162 g/mol. The maximum atomic E-state index is 11.6. The molecule has 0 saturated carbocycles. The van der Waals surface area contributed by atoms with Gasteiger partial charge in [-0.2, -0.15) is 0 Å². The zero-order chi connectivity index (χ0) is 7.56. The highest BCUT2D eigenvalue weighted by Gasteiger charge is 2.18. The van der Waals surface area contributed by atoms with Crippen molar-refractivity contribution in [2.75, 3.05) is 6.54 Å². The molecule has 10 heavy (non-hydrogen) atoms. The summed E-state index contributed by atoms with van der Waals surface area (Å²) in [5.74, 6) is 0. The SMILES string of the molecule is FC(F)CN1[C]=NC(Cl)[CH]1. The molecular formula is C5H5ClF2N2. The summed E-state index contributed by atoms with van der Waals surface area (Å²) in [4.78, 5) is 4.68. The summed E-state index contributed by atoms with van der Waals surface area (Å²) in [5, 5.41) is 0. The molecule has 0 fully saturated rings. The average molecular weight is 167 g/mol. The Bertz CT molecular complexity index is 140. The first-order valence-electron chi connectivity index (χ1n) is 2.68. The van der Waals surface area contributed by atoms with Crippen LogP contribution in [0.15, 0.2) is 4.99 Å². The molecule has 2 radical (unpaired) electrons. The van der Waals surface area contributed by atoms with Crippen LogP contribution in [0.3, 0.4) is 0 Å². The van der Waals surface area contributed by atoms with Crippen LogP contribution in [-0.4, -0.2) is 29.7 Å². The summed E-state index contributed by atoms with van der Waals surface area (Å²) in [5.41, 5.74) is -0.529. The van der Waals surface area contributed by atoms with Gasteiger partial charge in [0, 0.05) is 0 Å². The lowest BCUT2D eigenvalue weighted by molar-refractivity contribution is 0.126. The third-order valence-corrected chi connectivity index (χ3v) is 1.16. The quantitative estimate of drug-likeness (QED) is 0.445. The van der Waals surface area contributed by atoms with Crippen LogP contribution in [0.1, 0.15) is 0 Å². The van der Waals surface area contributed by atoms with Crippen molar-refractivity contribution in [1.82, 2.24) is 4.90 Å².